The highest BCUT2D eigenvalue weighted by Gasteiger charge is 2.36. The van der Waals surface area contributed by atoms with Gasteiger partial charge in [0.25, 0.3) is 0 Å². The Hall–Kier alpha value is -2.03. The van der Waals surface area contributed by atoms with Crippen molar-refractivity contribution in [3.8, 4) is 0 Å². The number of hydrogen-bond donors (Lipinski definition) is 1. The van der Waals surface area contributed by atoms with Crippen LogP contribution in [0.3, 0.4) is 0 Å². The average molecular weight is 227 g/mol. The fourth-order valence-corrected chi connectivity index (χ4v) is 2.39. The Morgan fingerprint density at radius 2 is 1.94 bits per heavy atom. The van der Waals surface area contributed by atoms with Gasteiger partial charge >= 0.3 is 0 Å². The normalized spacial score (nSPS) is 23.6. The van der Waals surface area contributed by atoms with Gasteiger partial charge in [0.05, 0.1) is 18.2 Å². The van der Waals surface area contributed by atoms with E-state index in [1.807, 2.05) is 42.5 Å². The summed E-state index contributed by atoms with van der Waals surface area (Å²) in [4.78, 5) is 11.6. The zero-order valence-electron chi connectivity index (χ0n) is 9.30. The molecule has 1 aliphatic rings. The smallest absolute Gasteiger partial charge is 0.221 e. The van der Waals surface area contributed by atoms with E-state index in [-0.39, 0.29) is 17.9 Å². The molecule has 0 spiro atoms. The number of furan rings is 1. The summed E-state index contributed by atoms with van der Waals surface area (Å²) in [6.45, 7) is 0. The van der Waals surface area contributed by atoms with Crippen molar-refractivity contribution in [1.82, 2.24) is 5.32 Å². The molecule has 0 radical (unpaired) electrons. The van der Waals surface area contributed by atoms with Gasteiger partial charge in [0.15, 0.2) is 0 Å². The van der Waals surface area contributed by atoms with Crippen molar-refractivity contribution in [1.29, 1.82) is 0 Å². The summed E-state index contributed by atoms with van der Waals surface area (Å²) in [7, 11) is 0. The van der Waals surface area contributed by atoms with Crippen molar-refractivity contribution >= 4 is 5.91 Å². The highest BCUT2D eigenvalue weighted by Crippen LogP contribution is 2.38. The Kier molecular flexibility index (Phi) is 2.44. The molecule has 2 unspecified atom stereocenters. The molecule has 1 fully saturated rings. The van der Waals surface area contributed by atoms with E-state index in [9.17, 15) is 4.79 Å². The van der Waals surface area contributed by atoms with Gasteiger partial charge in [-0.05, 0) is 17.7 Å². The van der Waals surface area contributed by atoms with Crippen LogP contribution in [0.1, 0.15) is 29.7 Å². The molecule has 1 saturated heterocycles. The van der Waals surface area contributed by atoms with Crippen LogP contribution in [0.15, 0.2) is 53.1 Å². The van der Waals surface area contributed by atoms with Crippen LogP contribution in [0, 0.1) is 0 Å². The number of benzene rings is 1. The zero-order valence-corrected chi connectivity index (χ0v) is 9.30. The Morgan fingerprint density at radius 3 is 2.65 bits per heavy atom. The minimum absolute atomic E-state index is 0.0230. The second kappa shape index (κ2) is 4.09. The second-order valence-electron chi connectivity index (χ2n) is 4.28. The molecular weight excluding hydrogens is 214 g/mol. The number of carbonyl (C=O) groups excluding carboxylic acids is 1. The minimum atomic E-state index is 0.0230. The topological polar surface area (TPSA) is 42.2 Å². The number of carbonyl (C=O) groups is 1. The van der Waals surface area contributed by atoms with E-state index in [0.717, 1.165) is 11.3 Å². The van der Waals surface area contributed by atoms with Crippen LogP contribution in [0.4, 0.5) is 0 Å². The van der Waals surface area contributed by atoms with Gasteiger partial charge in [0.2, 0.25) is 5.91 Å². The highest BCUT2D eigenvalue weighted by atomic mass is 16.3. The molecule has 0 aliphatic carbocycles. The Labute approximate surface area is 99.4 Å². The lowest BCUT2D eigenvalue weighted by Crippen LogP contribution is -2.20. The summed E-state index contributed by atoms with van der Waals surface area (Å²) in [5, 5.41) is 3.01. The lowest BCUT2D eigenvalue weighted by Gasteiger charge is -2.17. The molecule has 3 nitrogen and oxygen atoms in total. The minimum Gasteiger partial charge on any atom is -0.469 e. The SMILES string of the molecule is O=C1CC(c2ccco2)C(c2ccccc2)N1. The quantitative estimate of drug-likeness (QED) is 0.856. The summed E-state index contributed by atoms with van der Waals surface area (Å²) in [5.74, 6) is 1.05. The zero-order chi connectivity index (χ0) is 11.7. The molecule has 3 rings (SSSR count). The summed E-state index contributed by atoms with van der Waals surface area (Å²) in [5.41, 5.74) is 1.12. The number of hydrogen-bond acceptors (Lipinski definition) is 2. The molecule has 2 heterocycles. The third-order valence-corrected chi connectivity index (χ3v) is 3.19. The third-order valence-electron chi connectivity index (χ3n) is 3.19. The first-order chi connectivity index (χ1) is 8.34. The molecule has 1 aromatic heterocycles. The van der Waals surface area contributed by atoms with Crippen LogP contribution < -0.4 is 5.32 Å². The molecule has 0 bridgehead atoms. The Morgan fingerprint density at radius 1 is 1.12 bits per heavy atom. The molecule has 17 heavy (non-hydrogen) atoms. The van der Waals surface area contributed by atoms with Crippen molar-refractivity contribution in [2.45, 2.75) is 18.4 Å². The fraction of sp³-hybridized carbons (Fsp3) is 0.214. The average Bonchev–Trinajstić information content (AvgIpc) is 2.98. The first kappa shape index (κ1) is 10.1. The Bertz CT molecular complexity index is 504. The molecular formula is C14H13NO2. The van der Waals surface area contributed by atoms with Crippen molar-refractivity contribution in [2.24, 2.45) is 0 Å². The summed E-state index contributed by atoms with van der Waals surface area (Å²) >= 11 is 0. The van der Waals surface area contributed by atoms with E-state index in [2.05, 4.69) is 5.32 Å². The van der Waals surface area contributed by atoms with Crippen molar-refractivity contribution in [2.75, 3.05) is 0 Å². The highest BCUT2D eigenvalue weighted by molar-refractivity contribution is 5.80. The molecule has 1 N–H and O–H groups in total. The van der Waals surface area contributed by atoms with Crippen LogP contribution in [-0.4, -0.2) is 5.91 Å². The van der Waals surface area contributed by atoms with Gasteiger partial charge in [0, 0.05) is 6.42 Å². The third kappa shape index (κ3) is 1.84. The monoisotopic (exact) mass is 227 g/mol. The van der Waals surface area contributed by atoms with Crippen LogP contribution >= 0.6 is 0 Å². The van der Waals surface area contributed by atoms with E-state index in [1.54, 1.807) is 6.26 Å². The van der Waals surface area contributed by atoms with E-state index in [4.69, 9.17) is 4.42 Å². The van der Waals surface area contributed by atoms with Gasteiger partial charge in [-0.1, -0.05) is 30.3 Å². The van der Waals surface area contributed by atoms with Gasteiger partial charge in [-0.15, -0.1) is 0 Å². The van der Waals surface area contributed by atoms with Crippen molar-refractivity contribution < 1.29 is 9.21 Å². The van der Waals surface area contributed by atoms with Gasteiger partial charge < -0.3 is 9.73 Å². The van der Waals surface area contributed by atoms with Crippen molar-refractivity contribution in [3.05, 3.63) is 60.1 Å². The van der Waals surface area contributed by atoms with E-state index >= 15 is 0 Å². The maximum atomic E-state index is 11.6. The molecule has 1 aliphatic heterocycles. The lowest BCUT2D eigenvalue weighted by molar-refractivity contribution is -0.119. The summed E-state index contributed by atoms with van der Waals surface area (Å²) in [6, 6.07) is 13.8. The maximum Gasteiger partial charge on any atom is 0.221 e. The molecule has 2 atom stereocenters. The Balaban J connectivity index is 1.95. The predicted molar refractivity (Wildman–Crippen MR) is 63.4 cm³/mol. The molecule has 3 heteroatoms. The van der Waals surface area contributed by atoms with Crippen molar-refractivity contribution in [3.63, 3.8) is 0 Å². The first-order valence-electron chi connectivity index (χ1n) is 5.72. The molecule has 2 aromatic rings. The van der Waals surface area contributed by atoms with Gasteiger partial charge in [-0.25, -0.2) is 0 Å². The molecule has 86 valence electrons. The summed E-state index contributed by atoms with van der Waals surface area (Å²) in [6.07, 6.45) is 2.15. The largest absolute Gasteiger partial charge is 0.469 e. The van der Waals surface area contributed by atoms with E-state index in [0.29, 0.717) is 6.42 Å². The van der Waals surface area contributed by atoms with Crippen LogP contribution in [-0.2, 0) is 4.79 Å². The number of amides is 1. The van der Waals surface area contributed by atoms with Crippen LogP contribution in [0.25, 0.3) is 0 Å². The summed E-state index contributed by atoms with van der Waals surface area (Å²) < 4.78 is 5.43. The van der Waals surface area contributed by atoms with Gasteiger partial charge in [-0.3, -0.25) is 4.79 Å². The van der Waals surface area contributed by atoms with E-state index < -0.39 is 0 Å². The predicted octanol–water partition coefficient (Wildman–Crippen LogP) is 2.62. The van der Waals surface area contributed by atoms with Gasteiger partial charge in [0.1, 0.15) is 5.76 Å². The number of rotatable bonds is 2. The van der Waals surface area contributed by atoms with Crippen LogP contribution in [0.5, 0.6) is 0 Å². The molecule has 1 aromatic carbocycles. The van der Waals surface area contributed by atoms with Crippen LogP contribution in [0.2, 0.25) is 0 Å². The maximum absolute atomic E-state index is 11.6. The second-order valence-corrected chi connectivity index (χ2v) is 4.28. The molecule has 1 amide bonds. The standard InChI is InChI=1S/C14H13NO2/c16-13-9-11(12-7-4-8-17-12)14(15-13)10-5-2-1-3-6-10/h1-8,11,14H,9H2,(H,15,16). The number of nitrogens with one attached hydrogen (secondary N) is 1. The van der Waals surface area contributed by atoms with Gasteiger partial charge in [-0.2, -0.15) is 0 Å². The van der Waals surface area contributed by atoms with E-state index in [1.165, 1.54) is 0 Å². The lowest BCUT2D eigenvalue weighted by atomic mass is 9.92. The first-order valence-corrected chi connectivity index (χ1v) is 5.72. The fourth-order valence-electron chi connectivity index (χ4n) is 2.39. The molecule has 0 saturated carbocycles.